The normalized spacial score (nSPS) is 16.3. The summed E-state index contributed by atoms with van der Waals surface area (Å²) in [6.45, 7) is -0.166. The molecule has 0 aromatic heterocycles. The molecule has 0 saturated carbocycles. The summed E-state index contributed by atoms with van der Waals surface area (Å²) in [6.07, 6.45) is 2.20. The number of aldehydes is 1. The van der Waals surface area contributed by atoms with Crippen molar-refractivity contribution >= 4 is 50.5 Å². The molecule has 0 bridgehead atoms. The van der Waals surface area contributed by atoms with Crippen LogP contribution in [0.4, 0.5) is 5.69 Å². The molecule has 2 atom stereocenters. The van der Waals surface area contributed by atoms with Gasteiger partial charge in [0.25, 0.3) is 5.91 Å². The van der Waals surface area contributed by atoms with Crippen LogP contribution in [0.15, 0.2) is 41.3 Å². The highest BCUT2D eigenvalue weighted by molar-refractivity contribution is 7.89. The molecule has 1 aliphatic heterocycles. The first-order valence-electron chi connectivity index (χ1n) is 12.3. The minimum absolute atomic E-state index is 0.0526. The van der Waals surface area contributed by atoms with Crippen LogP contribution in [0.3, 0.4) is 0 Å². The monoisotopic (exact) mass is 545 g/mol. The van der Waals surface area contributed by atoms with Gasteiger partial charge < -0.3 is 26.1 Å². The summed E-state index contributed by atoms with van der Waals surface area (Å²) >= 11 is 0. The predicted molar refractivity (Wildman–Crippen MR) is 145 cm³/mol. The molecule has 2 amide bonds. The number of anilines is 1. The molecular weight excluding hydrogens is 510 g/mol. The molecule has 0 unspecified atom stereocenters. The molecule has 0 aliphatic carbocycles. The van der Waals surface area contributed by atoms with Gasteiger partial charge >= 0.3 is 0 Å². The molecule has 206 valence electrons. The van der Waals surface area contributed by atoms with Gasteiger partial charge in [-0.1, -0.05) is 24.3 Å². The van der Waals surface area contributed by atoms with Crippen LogP contribution in [0.25, 0.3) is 10.8 Å². The number of hydrogen-bond acceptors (Lipinski definition) is 8. The number of carbonyl (C=O) groups excluding carboxylic acids is 3. The lowest BCUT2D eigenvalue weighted by Crippen LogP contribution is -2.53. The second-order valence-electron chi connectivity index (χ2n) is 9.41. The van der Waals surface area contributed by atoms with Gasteiger partial charge in [-0.05, 0) is 37.8 Å². The first-order chi connectivity index (χ1) is 18.0. The topological polar surface area (TPSA) is 183 Å². The molecule has 1 aliphatic rings. The summed E-state index contributed by atoms with van der Waals surface area (Å²) in [4.78, 5) is 41.3. The number of nitrogens with two attached hydrogens (primary N) is 2. The van der Waals surface area contributed by atoms with E-state index in [2.05, 4.69) is 4.72 Å². The molecule has 1 heterocycles. The maximum absolute atomic E-state index is 13.2. The first-order valence-corrected chi connectivity index (χ1v) is 13.8. The zero-order valence-electron chi connectivity index (χ0n) is 21.6. The number of sulfonamides is 1. The molecule has 12 nitrogen and oxygen atoms in total. The highest BCUT2D eigenvalue weighted by Crippen LogP contribution is 2.30. The molecule has 0 spiro atoms. The van der Waals surface area contributed by atoms with Crippen LogP contribution in [-0.2, 0) is 24.4 Å². The number of nitrogens with zero attached hydrogens (tertiary/aromatic N) is 3. The highest BCUT2D eigenvalue weighted by Gasteiger charge is 2.37. The third-order valence-electron chi connectivity index (χ3n) is 6.55. The lowest BCUT2D eigenvalue weighted by molar-refractivity contribution is -0.141. The smallest absolute Gasteiger partial charge is 0.252 e. The molecule has 3 rings (SSSR count). The Bertz CT molecular complexity index is 1310. The number of benzene rings is 2. The molecule has 2 aromatic rings. The van der Waals surface area contributed by atoms with E-state index in [0.29, 0.717) is 37.4 Å². The van der Waals surface area contributed by atoms with Gasteiger partial charge in [0.05, 0.1) is 17.5 Å². The van der Waals surface area contributed by atoms with Crippen LogP contribution in [0, 0.1) is 5.41 Å². The van der Waals surface area contributed by atoms with Crippen molar-refractivity contribution in [3.63, 3.8) is 0 Å². The van der Waals surface area contributed by atoms with Crippen molar-refractivity contribution in [3.8, 4) is 0 Å². The summed E-state index contributed by atoms with van der Waals surface area (Å²) in [5.41, 5.74) is 12.1. The number of amides is 2. The molecule has 1 saturated heterocycles. The molecule has 0 radical (unpaired) electrons. The number of fused-ring (bicyclic) bond motifs is 1. The predicted octanol–water partition coefficient (Wildman–Crippen LogP) is 0.204. The SMILES string of the molecule is CN(C)c1cccc2c(S(=O)(=O)NCC(=O)N3CCC[C@H]3C(=O)N(CCC[C@H](N)C=O)C(=N)N)cccc12. The van der Waals surface area contributed by atoms with Gasteiger partial charge in [-0.3, -0.25) is 19.9 Å². The quantitative estimate of drug-likeness (QED) is 0.175. The lowest BCUT2D eigenvalue weighted by Gasteiger charge is -2.29. The van der Waals surface area contributed by atoms with Crippen molar-refractivity contribution in [2.75, 3.05) is 38.6 Å². The van der Waals surface area contributed by atoms with E-state index in [9.17, 15) is 22.8 Å². The molecular formula is C25H35N7O5S. The molecule has 13 heteroatoms. The Labute approximate surface area is 222 Å². The van der Waals surface area contributed by atoms with E-state index in [4.69, 9.17) is 16.9 Å². The van der Waals surface area contributed by atoms with Crippen LogP contribution in [0.2, 0.25) is 0 Å². The van der Waals surface area contributed by atoms with Crippen LogP contribution >= 0.6 is 0 Å². The Morgan fingerprint density at radius 3 is 2.55 bits per heavy atom. The van der Waals surface area contributed by atoms with Crippen molar-refractivity contribution in [3.05, 3.63) is 36.4 Å². The number of likely N-dealkylation sites (tertiary alicyclic amines) is 1. The Morgan fingerprint density at radius 2 is 1.89 bits per heavy atom. The van der Waals surface area contributed by atoms with E-state index in [-0.39, 0.29) is 18.0 Å². The summed E-state index contributed by atoms with van der Waals surface area (Å²) < 4.78 is 28.8. The fraction of sp³-hybridized carbons (Fsp3) is 0.440. The van der Waals surface area contributed by atoms with Gasteiger partial charge in [-0.2, -0.15) is 0 Å². The van der Waals surface area contributed by atoms with Gasteiger partial charge in [-0.25, -0.2) is 13.1 Å². The second-order valence-corrected chi connectivity index (χ2v) is 11.1. The number of guanidine groups is 1. The standard InChI is InChI=1S/C25H35N7O5S/c1-30(2)20-10-3-9-19-18(20)8-4-12-22(19)38(36,37)29-15-23(34)31-13-6-11-21(31)24(35)32(25(27)28)14-5-7-17(26)16-33/h3-4,8-10,12,16-17,21,29H,5-7,11,13-15,26H2,1-2H3,(H3,27,28)/t17-,21-/m0/s1. The van der Waals surface area contributed by atoms with Crippen molar-refractivity contribution in [1.82, 2.24) is 14.5 Å². The maximum Gasteiger partial charge on any atom is 0.252 e. The molecule has 6 N–H and O–H groups in total. The van der Waals surface area contributed by atoms with Crippen LogP contribution < -0.4 is 21.1 Å². The van der Waals surface area contributed by atoms with Crippen molar-refractivity contribution in [2.45, 2.75) is 42.7 Å². The zero-order chi connectivity index (χ0) is 28.0. The number of rotatable bonds is 11. The molecule has 38 heavy (non-hydrogen) atoms. The first kappa shape index (κ1) is 29.0. The van der Waals surface area contributed by atoms with Crippen molar-refractivity contribution in [1.29, 1.82) is 5.41 Å². The number of nitrogens with one attached hydrogen (secondary N) is 2. The second kappa shape index (κ2) is 12.3. The maximum atomic E-state index is 13.2. The van der Waals surface area contributed by atoms with Crippen LogP contribution in [0.1, 0.15) is 25.7 Å². The van der Waals surface area contributed by atoms with Gasteiger partial charge in [-0.15, -0.1) is 0 Å². The Hall–Kier alpha value is -3.55. The average molecular weight is 546 g/mol. The van der Waals surface area contributed by atoms with Crippen molar-refractivity contribution in [2.24, 2.45) is 11.5 Å². The minimum Gasteiger partial charge on any atom is -0.377 e. The average Bonchev–Trinajstić information content (AvgIpc) is 3.38. The summed E-state index contributed by atoms with van der Waals surface area (Å²) in [6, 6.07) is 8.81. The third-order valence-corrected chi connectivity index (χ3v) is 8.01. The fourth-order valence-electron chi connectivity index (χ4n) is 4.63. The Kier molecular flexibility index (Phi) is 9.41. The third kappa shape index (κ3) is 6.47. The lowest BCUT2D eigenvalue weighted by atomic mass is 10.1. The summed E-state index contributed by atoms with van der Waals surface area (Å²) in [5, 5.41) is 9.09. The molecule has 2 aromatic carbocycles. The summed E-state index contributed by atoms with van der Waals surface area (Å²) in [7, 11) is -0.312. The van der Waals surface area contributed by atoms with Crippen molar-refractivity contribution < 1.29 is 22.8 Å². The van der Waals surface area contributed by atoms with Gasteiger partial charge in [0.2, 0.25) is 15.9 Å². The van der Waals surface area contributed by atoms with Gasteiger partial charge in [0.15, 0.2) is 5.96 Å². The van der Waals surface area contributed by atoms with E-state index < -0.39 is 46.4 Å². The van der Waals surface area contributed by atoms with Crippen LogP contribution in [0.5, 0.6) is 0 Å². The summed E-state index contributed by atoms with van der Waals surface area (Å²) in [5.74, 6) is -1.54. The zero-order valence-corrected chi connectivity index (χ0v) is 22.4. The van der Waals surface area contributed by atoms with E-state index in [1.54, 1.807) is 18.2 Å². The van der Waals surface area contributed by atoms with Gasteiger partial charge in [0, 0.05) is 43.6 Å². The highest BCUT2D eigenvalue weighted by atomic mass is 32.2. The fourth-order valence-corrected chi connectivity index (χ4v) is 5.82. The van der Waals surface area contributed by atoms with Gasteiger partial charge in [0.1, 0.15) is 12.3 Å². The number of hydrogen-bond donors (Lipinski definition) is 4. The largest absolute Gasteiger partial charge is 0.377 e. The molecule has 1 fully saturated rings. The Balaban J connectivity index is 1.72. The van der Waals surface area contributed by atoms with E-state index in [0.717, 1.165) is 16.0 Å². The van der Waals surface area contributed by atoms with E-state index >= 15 is 0 Å². The van der Waals surface area contributed by atoms with Crippen LogP contribution in [-0.4, -0.2) is 88.1 Å². The van der Waals surface area contributed by atoms with E-state index in [1.165, 1.54) is 11.0 Å². The Morgan fingerprint density at radius 1 is 1.21 bits per heavy atom. The number of carbonyl (C=O) groups is 3. The minimum atomic E-state index is -4.05. The van der Waals surface area contributed by atoms with E-state index in [1.807, 2.05) is 31.1 Å².